The maximum atomic E-state index is 12.6. The number of alkyl halides is 3. The number of rotatable bonds is 5. The number of ether oxygens (including phenoxy) is 1. The summed E-state index contributed by atoms with van der Waals surface area (Å²) in [6.45, 7) is -0.0792. The average molecular weight is 359 g/mol. The molecule has 0 aliphatic heterocycles. The van der Waals surface area contributed by atoms with Gasteiger partial charge < -0.3 is 4.74 Å². The molecule has 2 aromatic rings. The number of methoxy groups -OCH3 is 1. The summed E-state index contributed by atoms with van der Waals surface area (Å²) in [5.74, 6) is 0.480. The molecule has 8 heteroatoms. The Labute approximate surface area is 138 Å². The van der Waals surface area contributed by atoms with E-state index in [-0.39, 0.29) is 6.54 Å². The van der Waals surface area contributed by atoms with Gasteiger partial charge in [-0.1, -0.05) is 18.2 Å². The Kier molecular flexibility index (Phi) is 5.08. The van der Waals surface area contributed by atoms with Crippen molar-refractivity contribution < 1.29 is 26.3 Å². The molecule has 2 rings (SSSR count). The normalized spacial score (nSPS) is 12.0. The Hall–Kier alpha value is -2.22. The first-order valence-electron chi connectivity index (χ1n) is 6.89. The van der Waals surface area contributed by atoms with E-state index in [9.17, 15) is 21.6 Å². The monoisotopic (exact) mass is 359 g/mol. The highest BCUT2D eigenvalue weighted by atomic mass is 32.2. The van der Waals surface area contributed by atoms with Gasteiger partial charge in [-0.3, -0.25) is 4.31 Å². The predicted molar refractivity (Wildman–Crippen MR) is 85.5 cm³/mol. The fourth-order valence-corrected chi connectivity index (χ4v) is 3.01. The first-order chi connectivity index (χ1) is 11.1. The van der Waals surface area contributed by atoms with Crippen LogP contribution in [0.15, 0.2) is 48.5 Å². The largest absolute Gasteiger partial charge is 0.497 e. The van der Waals surface area contributed by atoms with Crippen molar-refractivity contribution in [3.63, 3.8) is 0 Å². The van der Waals surface area contributed by atoms with Gasteiger partial charge in [-0.05, 0) is 29.8 Å². The smallest absolute Gasteiger partial charge is 0.416 e. The fraction of sp³-hybridized carbons (Fsp3) is 0.250. The van der Waals surface area contributed by atoms with E-state index in [1.807, 2.05) is 0 Å². The lowest BCUT2D eigenvalue weighted by Gasteiger charge is -2.23. The molecule has 0 bridgehead atoms. The predicted octanol–water partition coefficient (Wildman–Crippen LogP) is 3.68. The van der Waals surface area contributed by atoms with Crippen LogP contribution in [0.5, 0.6) is 5.75 Å². The minimum Gasteiger partial charge on any atom is -0.497 e. The zero-order chi connectivity index (χ0) is 18.0. The second kappa shape index (κ2) is 6.72. The number of hydrogen-bond donors (Lipinski definition) is 0. The maximum absolute atomic E-state index is 12.6. The maximum Gasteiger partial charge on any atom is 0.416 e. The Bertz CT molecular complexity index is 802. The first kappa shape index (κ1) is 18.1. The van der Waals surface area contributed by atoms with Gasteiger partial charge in [0.2, 0.25) is 10.0 Å². The lowest BCUT2D eigenvalue weighted by atomic mass is 10.1. The van der Waals surface area contributed by atoms with Crippen LogP contribution in [-0.2, 0) is 22.7 Å². The van der Waals surface area contributed by atoms with Crippen LogP contribution in [0, 0.1) is 0 Å². The van der Waals surface area contributed by atoms with Crippen LogP contribution in [0.25, 0.3) is 0 Å². The average Bonchev–Trinajstić information content (AvgIpc) is 2.51. The van der Waals surface area contributed by atoms with Crippen LogP contribution in [-0.4, -0.2) is 21.8 Å². The molecule has 0 N–H and O–H groups in total. The Morgan fingerprint density at radius 2 is 1.71 bits per heavy atom. The molecule has 0 amide bonds. The standard InChI is InChI=1S/C16H16F3NO3S/c1-23-15-5-3-4-14(10-15)20(24(2,21)22)11-12-6-8-13(9-7-12)16(17,18)19/h3-10H,11H2,1-2H3. The molecule has 4 nitrogen and oxygen atoms in total. The third kappa shape index (κ3) is 4.41. The number of hydrogen-bond acceptors (Lipinski definition) is 3. The van der Waals surface area contributed by atoms with E-state index < -0.39 is 21.8 Å². The van der Waals surface area contributed by atoms with E-state index >= 15 is 0 Å². The van der Waals surface area contributed by atoms with Gasteiger partial charge in [-0.15, -0.1) is 0 Å². The van der Waals surface area contributed by atoms with Crippen LogP contribution in [0.4, 0.5) is 18.9 Å². The van der Waals surface area contributed by atoms with Crippen LogP contribution >= 0.6 is 0 Å². The SMILES string of the molecule is COc1cccc(N(Cc2ccc(C(F)(F)F)cc2)S(C)(=O)=O)c1. The summed E-state index contributed by atoms with van der Waals surface area (Å²) < 4.78 is 68.1. The molecular formula is C16H16F3NO3S. The zero-order valence-electron chi connectivity index (χ0n) is 13.0. The highest BCUT2D eigenvalue weighted by Crippen LogP contribution is 2.30. The summed E-state index contributed by atoms with van der Waals surface area (Å²) in [6, 6.07) is 10.8. The summed E-state index contributed by atoms with van der Waals surface area (Å²) in [7, 11) is -2.17. The van der Waals surface area contributed by atoms with Crippen LogP contribution in [0.2, 0.25) is 0 Å². The molecule has 0 saturated carbocycles. The molecule has 0 fully saturated rings. The van der Waals surface area contributed by atoms with Gasteiger partial charge in [0, 0.05) is 6.07 Å². The molecule has 24 heavy (non-hydrogen) atoms. The molecule has 2 aromatic carbocycles. The van der Waals surface area contributed by atoms with Crippen molar-refractivity contribution in [1.29, 1.82) is 0 Å². The number of anilines is 1. The molecule has 0 radical (unpaired) electrons. The Morgan fingerprint density at radius 1 is 1.08 bits per heavy atom. The van der Waals surface area contributed by atoms with Crippen molar-refractivity contribution in [2.24, 2.45) is 0 Å². The van der Waals surface area contributed by atoms with Crippen molar-refractivity contribution in [3.05, 3.63) is 59.7 Å². The molecule has 0 saturated heterocycles. The molecule has 0 heterocycles. The second-order valence-electron chi connectivity index (χ2n) is 5.17. The molecule has 0 aliphatic carbocycles. The van der Waals surface area contributed by atoms with Gasteiger partial charge in [-0.25, -0.2) is 8.42 Å². The lowest BCUT2D eigenvalue weighted by Crippen LogP contribution is -2.29. The van der Waals surface area contributed by atoms with Gasteiger partial charge >= 0.3 is 6.18 Å². The number of halogens is 3. The van der Waals surface area contributed by atoms with Gasteiger partial charge in [0.05, 0.1) is 31.2 Å². The third-order valence-corrected chi connectivity index (χ3v) is 4.49. The number of nitrogens with zero attached hydrogens (tertiary/aromatic N) is 1. The highest BCUT2D eigenvalue weighted by Gasteiger charge is 2.30. The van der Waals surface area contributed by atoms with E-state index in [1.165, 1.54) is 19.2 Å². The molecular weight excluding hydrogens is 343 g/mol. The van der Waals surface area contributed by atoms with Crippen molar-refractivity contribution in [2.75, 3.05) is 17.7 Å². The molecule has 0 spiro atoms. The molecule has 0 atom stereocenters. The van der Waals surface area contributed by atoms with Gasteiger partial charge in [0.15, 0.2) is 0 Å². The van der Waals surface area contributed by atoms with Gasteiger partial charge in [-0.2, -0.15) is 13.2 Å². The van der Waals surface area contributed by atoms with E-state index in [4.69, 9.17) is 4.74 Å². The van der Waals surface area contributed by atoms with Gasteiger partial charge in [0.25, 0.3) is 0 Å². The third-order valence-electron chi connectivity index (χ3n) is 3.35. The van der Waals surface area contributed by atoms with Crippen LogP contribution < -0.4 is 9.04 Å². The Morgan fingerprint density at radius 3 is 2.21 bits per heavy atom. The molecule has 0 unspecified atom stereocenters. The van der Waals surface area contributed by atoms with E-state index in [0.29, 0.717) is 17.0 Å². The van der Waals surface area contributed by atoms with Crippen molar-refractivity contribution in [1.82, 2.24) is 0 Å². The lowest BCUT2D eigenvalue weighted by molar-refractivity contribution is -0.137. The Balaban J connectivity index is 2.33. The van der Waals surface area contributed by atoms with Gasteiger partial charge in [0.1, 0.15) is 5.75 Å². The fourth-order valence-electron chi connectivity index (χ4n) is 2.13. The van der Waals surface area contributed by atoms with Crippen molar-refractivity contribution in [3.8, 4) is 5.75 Å². The topological polar surface area (TPSA) is 46.6 Å². The minimum absolute atomic E-state index is 0.0792. The molecule has 0 aromatic heterocycles. The van der Waals surface area contributed by atoms with Crippen LogP contribution in [0.1, 0.15) is 11.1 Å². The van der Waals surface area contributed by atoms with Crippen LogP contribution in [0.3, 0.4) is 0 Å². The summed E-state index contributed by atoms with van der Waals surface area (Å²) in [4.78, 5) is 0. The molecule has 0 aliphatic rings. The van der Waals surface area contributed by atoms with E-state index in [0.717, 1.165) is 22.7 Å². The second-order valence-corrected chi connectivity index (χ2v) is 7.07. The summed E-state index contributed by atoms with van der Waals surface area (Å²) in [6.07, 6.45) is -3.39. The number of benzene rings is 2. The summed E-state index contributed by atoms with van der Waals surface area (Å²) in [5.41, 5.74) is 0.0338. The van der Waals surface area contributed by atoms with Crippen molar-refractivity contribution in [2.45, 2.75) is 12.7 Å². The summed E-state index contributed by atoms with van der Waals surface area (Å²) >= 11 is 0. The number of sulfonamides is 1. The minimum atomic E-state index is -4.43. The molecule has 130 valence electrons. The van der Waals surface area contributed by atoms with Crippen molar-refractivity contribution >= 4 is 15.7 Å². The highest BCUT2D eigenvalue weighted by molar-refractivity contribution is 7.92. The first-order valence-corrected chi connectivity index (χ1v) is 8.74. The van der Waals surface area contributed by atoms with E-state index in [1.54, 1.807) is 24.3 Å². The zero-order valence-corrected chi connectivity index (χ0v) is 13.9. The van der Waals surface area contributed by atoms with E-state index in [2.05, 4.69) is 0 Å². The quantitative estimate of drug-likeness (QED) is 0.818. The summed E-state index contributed by atoms with van der Waals surface area (Å²) in [5, 5.41) is 0.